The molecule has 6 unspecified atom stereocenters. The van der Waals surface area contributed by atoms with E-state index in [2.05, 4.69) is 6.58 Å². The first-order valence-corrected chi connectivity index (χ1v) is 11.9. The first-order chi connectivity index (χ1) is 18.4. The van der Waals surface area contributed by atoms with Crippen LogP contribution in [0.1, 0.15) is 33.3 Å². The minimum atomic E-state index is -1.74. The van der Waals surface area contributed by atoms with Gasteiger partial charge in [0.2, 0.25) is 12.4 Å². The summed E-state index contributed by atoms with van der Waals surface area (Å²) in [6.07, 6.45) is -9.05. The lowest BCUT2D eigenvalue weighted by Gasteiger charge is -2.43. The van der Waals surface area contributed by atoms with Crippen molar-refractivity contribution in [1.29, 1.82) is 0 Å². The summed E-state index contributed by atoms with van der Waals surface area (Å²) in [6.45, 7) is 7.22. The molecule has 1 N–H and O–H groups in total. The Bertz CT molecular complexity index is 1040. The third kappa shape index (κ3) is 10.1. The number of carbonyl (C=O) groups is 5. The van der Waals surface area contributed by atoms with Crippen molar-refractivity contribution in [2.24, 2.45) is 0 Å². The molecule has 13 nitrogen and oxygen atoms in total. The van der Waals surface area contributed by atoms with E-state index in [4.69, 9.17) is 33.2 Å². The summed E-state index contributed by atoms with van der Waals surface area (Å²) >= 11 is 0. The lowest BCUT2D eigenvalue weighted by molar-refractivity contribution is -0.299. The van der Waals surface area contributed by atoms with Crippen LogP contribution < -0.4 is 0 Å². The van der Waals surface area contributed by atoms with E-state index < -0.39 is 78.8 Å². The smallest absolute Gasteiger partial charge is 0.338 e. The number of carbonyl (C=O) groups excluding carboxylic acids is 5. The van der Waals surface area contributed by atoms with Gasteiger partial charge in [0, 0.05) is 27.7 Å². The molecule has 0 aromatic heterocycles. The molecule has 214 valence electrons. The number of ether oxygens (including phenoxy) is 7. The molecule has 0 aliphatic carbocycles. The Morgan fingerprint density at radius 2 is 1.41 bits per heavy atom. The Hall–Kier alpha value is -3.81. The molecule has 2 rings (SSSR count). The zero-order valence-electron chi connectivity index (χ0n) is 22.0. The number of hydrogen-bond donors (Lipinski definition) is 1. The largest absolute Gasteiger partial charge is 0.463 e. The summed E-state index contributed by atoms with van der Waals surface area (Å²) in [7, 11) is 0. The van der Waals surface area contributed by atoms with Gasteiger partial charge in [-0.15, -0.1) is 0 Å². The van der Waals surface area contributed by atoms with Crippen molar-refractivity contribution in [1.82, 2.24) is 0 Å². The minimum Gasteiger partial charge on any atom is -0.463 e. The van der Waals surface area contributed by atoms with Crippen LogP contribution in [-0.2, 0) is 63.7 Å². The van der Waals surface area contributed by atoms with E-state index >= 15 is 0 Å². The quantitative estimate of drug-likeness (QED) is 0.219. The summed E-state index contributed by atoms with van der Waals surface area (Å²) in [6, 6.07) is 9.11. The van der Waals surface area contributed by atoms with Crippen LogP contribution >= 0.6 is 0 Å². The highest BCUT2D eigenvalue weighted by Gasteiger charge is 2.54. The molecule has 0 radical (unpaired) electrons. The van der Waals surface area contributed by atoms with Crippen LogP contribution in [0.5, 0.6) is 0 Å². The maximum absolute atomic E-state index is 12.8. The van der Waals surface area contributed by atoms with Crippen LogP contribution in [0.25, 0.3) is 0 Å². The van der Waals surface area contributed by atoms with Crippen molar-refractivity contribution in [2.75, 3.05) is 13.2 Å². The van der Waals surface area contributed by atoms with Crippen molar-refractivity contribution < 1.29 is 62.2 Å². The number of rotatable bonds is 12. The van der Waals surface area contributed by atoms with Gasteiger partial charge in [0.15, 0.2) is 12.2 Å². The van der Waals surface area contributed by atoms with E-state index in [0.29, 0.717) is 0 Å². The maximum Gasteiger partial charge on any atom is 0.338 e. The van der Waals surface area contributed by atoms with Gasteiger partial charge in [-0.05, 0) is 5.56 Å². The van der Waals surface area contributed by atoms with Crippen LogP contribution in [0.2, 0.25) is 0 Å². The van der Waals surface area contributed by atoms with E-state index in [0.717, 1.165) is 33.3 Å². The van der Waals surface area contributed by atoms with Gasteiger partial charge in [0.1, 0.15) is 18.8 Å². The SMILES string of the molecule is C=C(C(=O)OC1OC(COC(C)=O)C(OC(C)=O)C(OC(C)=O)C1OC(C)=O)C(O)COCc1ccccc1. The first kappa shape index (κ1) is 31.4. The third-order valence-electron chi connectivity index (χ3n) is 5.22. The van der Waals surface area contributed by atoms with Crippen molar-refractivity contribution in [3.63, 3.8) is 0 Å². The van der Waals surface area contributed by atoms with Crippen LogP contribution in [0.15, 0.2) is 42.5 Å². The molecule has 1 heterocycles. The Labute approximate surface area is 224 Å². The molecule has 0 spiro atoms. The topological polar surface area (TPSA) is 170 Å². The average Bonchev–Trinajstić information content (AvgIpc) is 2.85. The van der Waals surface area contributed by atoms with Crippen LogP contribution in [0.3, 0.4) is 0 Å². The van der Waals surface area contributed by atoms with Crippen molar-refractivity contribution >= 4 is 29.8 Å². The zero-order valence-corrected chi connectivity index (χ0v) is 22.0. The monoisotopic (exact) mass is 552 g/mol. The molecule has 1 aromatic rings. The number of esters is 5. The van der Waals surface area contributed by atoms with Crippen molar-refractivity contribution in [2.45, 2.75) is 71.1 Å². The summed E-state index contributed by atoms with van der Waals surface area (Å²) in [5.74, 6) is -4.37. The van der Waals surface area contributed by atoms with Gasteiger partial charge in [-0.2, -0.15) is 0 Å². The summed E-state index contributed by atoms with van der Waals surface area (Å²) < 4.78 is 37.2. The van der Waals surface area contributed by atoms with Crippen molar-refractivity contribution in [3.8, 4) is 0 Å². The Morgan fingerprint density at radius 3 is 1.97 bits per heavy atom. The number of aliphatic hydroxyl groups is 1. The van der Waals surface area contributed by atoms with E-state index in [9.17, 15) is 29.1 Å². The van der Waals surface area contributed by atoms with Gasteiger partial charge >= 0.3 is 29.8 Å². The second-order valence-corrected chi connectivity index (χ2v) is 8.51. The Balaban J connectivity index is 2.22. The van der Waals surface area contributed by atoms with E-state index in [1.807, 2.05) is 30.3 Å². The van der Waals surface area contributed by atoms with E-state index in [-0.39, 0.29) is 13.2 Å². The van der Waals surface area contributed by atoms with E-state index in [1.165, 1.54) is 0 Å². The zero-order chi connectivity index (χ0) is 29.1. The fourth-order valence-corrected chi connectivity index (χ4v) is 3.56. The molecule has 1 saturated heterocycles. The standard InChI is InChI=1S/C26H32O13/c1-14(20(31)12-33-11-19-9-7-6-8-10-19)25(32)39-26-24(37-18(5)30)23(36-17(4)29)22(35-16(3)28)21(38-26)13-34-15(2)27/h6-10,20-24,26,31H,1,11-13H2,2-5H3. The molecule has 0 amide bonds. The highest BCUT2D eigenvalue weighted by atomic mass is 16.7. The number of aliphatic hydroxyl groups excluding tert-OH is 1. The molecule has 0 saturated carbocycles. The van der Waals surface area contributed by atoms with Crippen LogP contribution in [0.4, 0.5) is 0 Å². The summed E-state index contributed by atoms with van der Waals surface area (Å²) in [5, 5.41) is 10.4. The predicted octanol–water partition coefficient (Wildman–Crippen LogP) is 0.747. The fraction of sp³-hybridized carbons (Fsp3) is 0.500. The van der Waals surface area contributed by atoms with Crippen molar-refractivity contribution in [3.05, 3.63) is 48.0 Å². The lowest BCUT2D eigenvalue weighted by atomic mass is 9.98. The van der Waals surface area contributed by atoms with Gasteiger partial charge < -0.3 is 38.3 Å². The normalized spacial score (nSPS) is 23.1. The molecular weight excluding hydrogens is 520 g/mol. The van der Waals surface area contributed by atoms with E-state index in [1.54, 1.807) is 0 Å². The van der Waals surface area contributed by atoms with Gasteiger partial charge in [0.05, 0.1) is 18.8 Å². The maximum atomic E-state index is 12.8. The molecular formula is C26H32O13. The molecule has 1 aliphatic rings. The molecule has 1 aromatic carbocycles. The number of hydrogen-bond acceptors (Lipinski definition) is 13. The third-order valence-corrected chi connectivity index (χ3v) is 5.22. The summed E-state index contributed by atoms with van der Waals surface area (Å²) in [4.78, 5) is 59.8. The van der Waals surface area contributed by atoms with Gasteiger partial charge in [0.25, 0.3) is 0 Å². The van der Waals surface area contributed by atoms with Gasteiger partial charge in [-0.25, -0.2) is 4.79 Å². The second kappa shape index (κ2) is 15.0. The second-order valence-electron chi connectivity index (χ2n) is 8.51. The van der Waals surface area contributed by atoms with Gasteiger partial charge in [-0.1, -0.05) is 36.9 Å². The highest BCUT2D eigenvalue weighted by Crippen LogP contribution is 2.30. The molecule has 6 atom stereocenters. The average molecular weight is 553 g/mol. The lowest BCUT2D eigenvalue weighted by Crippen LogP contribution is -2.63. The Morgan fingerprint density at radius 1 is 0.846 bits per heavy atom. The Kier molecular flexibility index (Phi) is 12.0. The van der Waals surface area contributed by atoms with Crippen LogP contribution in [0, 0.1) is 0 Å². The highest BCUT2D eigenvalue weighted by molar-refractivity contribution is 5.89. The fourth-order valence-electron chi connectivity index (χ4n) is 3.56. The first-order valence-electron chi connectivity index (χ1n) is 11.9. The summed E-state index contributed by atoms with van der Waals surface area (Å²) in [5.41, 5.74) is 0.436. The number of benzene rings is 1. The molecule has 39 heavy (non-hydrogen) atoms. The minimum absolute atomic E-state index is 0.167. The molecule has 1 aliphatic heterocycles. The molecule has 0 bridgehead atoms. The van der Waals surface area contributed by atoms with Crippen LogP contribution in [-0.4, -0.2) is 85.0 Å². The predicted molar refractivity (Wildman–Crippen MR) is 129 cm³/mol. The van der Waals surface area contributed by atoms with Gasteiger partial charge in [-0.3, -0.25) is 19.2 Å². The molecule has 13 heteroatoms. The molecule has 1 fully saturated rings.